The van der Waals surface area contributed by atoms with Crippen LogP contribution in [0, 0.1) is 0 Å². The van der Waals surface area contributed by atoms with Crippen LogP contribution < -0.4 is 10.6 Å². The molecule has 152 valence electrons. The summed E-state index contributed by atoms with van der Waals surface area (Å²) in [6, 6.07) is -0.321. The first-order valence-corrected chi connectivity index (χ1v) is 10.8. The number of nitrogens with one attached hydrogen (secondary N) is 2. The van der Waals surface area contributed by atoms with E-state index >= 15 is 0 Å². The lowest BCUT2D eigenvalue weighted by Gasteiger charge is -2.16. The van der Waals surface area contributed by atoms with Crippen LogP contribution in [0.3, 0.4) is 0 Å². The summed E-state index contributed by atoms with van der Waals surface area (Å²) in [4.78, 5) is 32.3. The van der Waals surface area contributed by atoms with Gasteiger partial charge in [0.2, 0.25) is 0 Å². The first-order chi connectivity index (χ1) is 12.2. The third-order valence-electron chi connectivity index (χ3n) is 3.54. The molecule has 0 aromatic carbocycles. The number of hydrogen-bond acceptors (Lipinski definition) is 5. The Balaban J connectivity index is 3.57. The standard InChI is InChI=1S/C17H33N2O6P/c1-5-15(4)25-26(22,23)13-9-7-6-8-10-18-17(21)19-11-12-24-16(20)14(2)3/h15H,2,5-13H2,1,3-4H3,(H,22,23)(H2,18,19,21). The molecule has 2 atom stereocenters. The van der Waals surface area contributed by atoms with Gasteiger partial charge in [-0.15, -0.1) is 0 Å². The zero-order valence-electron chi connectivity index (χ0n) is 16.1. The molecule has 0 aliphatic carbocycles. The summed E-state index contributed by atoms with van der Waals surface area (Å²) >= 11 is 0. The van der Waals surface area contributed by atoms with E-state index in [4.69, 9.17) is 9.26 Å². The highest BCUT2D eigenvalue weighted by Crippen LogP contribution is 2.44. The summed E-state index contributed by atoms with van der Waals surface area (Å²) in [5.41, 5.74) is 0.318. The second-order valence-corrected chi connectivity index (χ2v) is 8.13. The number of urea groups is 1. The van der Waals surface area contributed by atoms with Gasteiger partial charge in [-0.05, 0) is 33.1 Å². The third-order valence-corrected chi connectivity index (χ3v) is 5.11. The van der Waals surface area contributed by atoms with E-state index in [1.165, 1.54) is 0 Å². The highest BCUT2D eigenvalue weighted by molar-refractivity contribution is 7.52. The molecule has 8 nitrogen and oxygen atoms in total. The van der Waals surface area contributed by atoms with Crippen molar-refractivity contribution in [3.05, 3.63) is 12.2 Å². The topological polar surface area (TPSA) is 114 Å². The van der Waals surface area contributed by atoms with Crippen molar-refractivity contribution >= 4 is 19.6 Å². The Morgan fingerprint density at radius 3 is 2.38 bits per heavy atom. The van der Waals surface area contributed by atoms with E-state index in [1.807, 2.05) is 6.92 Å². The van der Waals surface area contributed by atoms with Gasteiger partial charge in [-0.2, -0.15) is 0 Å². The summed E-state index contributed by atoms with van der Waals surface area (Å²) in [7, 11) is -3.49. The van der Waals surface area contributed by atoms with Crippen LogP contribution in [0.15, 0.2) is 12.2 Å². The molecule has 0 aromatic rings. The SMILES string of the molecule is C=C(C)C(=O)OCCNC(=O)NCCCCCCP(=O)(O)OC(C)CC. The monoisotopic (exact) mass is 392 g/mol. The summed E-state index contributed by atoms with van der Waals surface area (Å²) in [6.07, 6.45) is 3.69. The average Bonchev–Trinajstić information content (AvgIpc) is 2.56. The van der Waals surface area contributed by atoms with E-state index in [0.29, 0.717) is 25.0 Å². The van der Waals surface area contributed by atoms with Crippen LogP contribution in [-0.4, -0.2) is 48.9 Å². The third kappa shape index (κ3) is 13.9. The van der Waals surface area contributed by atoms with E-state index in [9.17, 15) is 19.0 Å². The number of rotatable bonds is 14. The lowest BCUT2D eigenvalue weighted by molar-refractivity contribution is -0.138. The van der Waals surface area contributed by atoms with Crippen molar-refractivity contribution in [1.29, 1.82) is 0 Å². The predicted molar refractivity (Wildman–Crippen MR) is 101 cm³/mol. The maximum atomic E-state index is 11.8. The molecule has 0 saturated heterocycles. The summed E-state index contributed by atoms with van der Waals surface area (Å²) in [5.74, 6) is -0.478. The minimum absolute atomic E-state index is 0.0963. The molecule has 0 bridgehead atoms. The fraction of sp³-hybridized carbons (Fsp3) is 0.765. The molecule has 2 amide bonds. The molecule has 0 spiro atoms. The number of carbonyl (C=O) groups excluding carboxylic acids is 2. The molecule has 9 heteroatoms. The van der Waals surface area contributed by atoms with Crippen molar-refractivity contribution in [2.45, 2.75) is 59.0 Å². The Morgan fingerprint density at radius 1 is 1.15 bits per heavy atom. The lowest BCUT2D eigenvalue weighted by Crippen LogP contribution is -2.38. The zero-order valence-corrected chi connectivity index (χ0v) is 17.0. The fourth-order valence-corrected chi connectivity index (χ4v) is 3.33. The average molecular weight is 392 g/mol. The fourth-order valence-electron chi connectivity index (χ4n) is 1.89. The molecular formula is C17H33N2O6P. The molecule has 0 aliphatic rings. The summed E-state index contributed by atoms with van der Waals surface area (Å²) < 4.78 is 21.8. The van der Waals surface area contributed by atoms with Gasteiger partial charge in [-0.3, -0.25) is 4.57 Å². The van der Waals surface area contributed by atoms with E-state index in [0.717, 1.165) is 19.3 Å². The second kappa shape index (κ2) is 13.8. The number of hydrogen-bond donors (Lipinski definition) is 3. The lowest BCUT2D eigenvalue weighted by atomic mass is 10.2. The van der Waals surface area contributed by atoms with Crippen LogP contribution in [0.1, 0.15) is 52.9 Å². The van der Waals surface area contributed by atoms with Crippen molar-refractivity contribution in [1.82, 2.24) is 10.6 Å². The number of ether oxygens (including phenoxy) is 1. The molecule has 0 saturated carbocycles. The van der Waals surface area contributed by atoms with E-state index in [2.05, 4.69) is 17.2 Å². The first kappa shape index (κ1) is 24.6. The molecule has 0 heterocycles. The van der Waals surface area contributed by atoms with Crippen LogP contribution in [0.5, 0.6) is 0 Å². The zero-order chi connectivity index (χ0) is 20.0. The second-order valence-electron chi connectivity index (χ2n) is 6.20. The van der Waals surface area contributed by atoms with Crippen molar-refractivity contribution in [3.8, 4) is 0 Å². The quantitative estimate of drug-likeness (QED) is 0.181. The Morgan fingerprint density at radius 2 is 1.77 bits per heavy atom. The highest BCUT2D eigenvalue weighted by atomic mass is 31.2. The Bertz CT molecular complexity index is 498. The molecule has 0 fully saturated rings. The van der Waals surface area contributed by atoms with E-state index < -0.39 is 13.6 Å². The van der Waals surface area contributed by atoms with Gasteiger partial charge in [0.1, 0.15) is 6.61 Å². The van der Waals surface area contributed by atoms with Gasteiger partial charge in [0.15, 0.2) is 0 Å². The van der Waals surface area contributed by atoms with Crippen LogP contribution in [-0.2, 0) is 18.6 Å². The Hall–Kier alpha value is -1.37. The van der Waals surface area contributed by atoms with Gasteiger partial charge in [0.05, 0.1) is 12.6 Å². The van der Waals surface area contributed by atoms with Gasteiger partial charge >= 0.3 is 19.6 Å². The van der Waals surface area contributed by atoms with Gasteiger partial charge in [0, 0.05) is 18.3 Å². The first-order valence-electron chi connectivity index (χ1n) is 9.02. The number of unbranched alkanes of at least 4 members (excludes halogenated alkanes) is 3. The van der Waals surface area contributed by atoms with Gasteiger partial charge in [-0.25, -0.2) is 9.59 Å². The molecule has 26 heavy (non-hydrogen) atoms. The molecule has 2 unspecified atom stereocenters. The summed E-state index contributed by atoms with van der Waals surface area (Å²) in [5, 5.41) is 5.28. The molecule has 0 radical (unpaired) electrons. The van der Waals surface area contributed by atoms with Gasteiger partial charge in [0.25, 0.3) is 0 Å². The van der Waals surface area contributed by atoms with Gasteiger partial charge in [-0.1, -0.05) is 26.3 Å². The maximum Gasteiger partial charge on any atom is 0.333 e. The van der Waals surface area contributed by atoms with Crippen LogP contribution in [0.4, 0.5) is 4.79 Å². The normalized spacial score (nSPS) is 14.2. The van der Waals surface area contributed by atoms with Crippen molar-refractivity contribution in [3.63, 3.8) is 0 Å². The van der Waals surface area contributed by atoms with Crippen molar-refractivity contribution in [2.24, 2.45) is 0 Å². The number of esters is 1. The predicted octanol–water partition coefficient (Wildman–Crippen LogP) is 2.97. The number of carbonyl (C=O) groups is 2. The maximum absolute atomic E-state index is 11.8. The van der Waals surface area contributed by atoms with Crippen LogP contribution >= 0.6 is 7.60 Å². The van der Waals surface area contributed by atoms with Crippen LogP contribution in [0.25, 0.3) is 0 Å². The Labute approximate surface area is 156 Å². The minimum atomic E-state index is -3.49. The minimum Gasteiger partial charge on any atom is -0.460 e. The Kier molecular flexibility index (Phi) is 13.1. The molecule has 0 aromatic heterocycles. The van der Waals surface area contributed by atoms with Crippen LogP contribution in [0.2, 0.25) is 0 Å². The van der Waals surface area contributed by atoms with Crippen molar-refractivity contribution in [2.75, 3.05) is 25.9 Å². The number of amides is 2. The smallest absolute Gasteiger partial charge is 0.333 e. The van der Waals surface area contributed by atoms with Crippen molar-refractivity contribution < 1.29 is 28.3 Å². The highest BCUT2D eigenvalue weighted by Gasteiger charge is 2.21. The molecule has 0 rings (SSSR count). The largest absolute Gasteiger partial charge is 0.460 e. The summed E-state index contributed by atoms with van der Waals surface area (Å²) in [6.45, 7) is 9.54. The van der Waals surface area contributed by atoms with E-state index in [1.54, 1.807) is 13.8 Å². The molecule has 3 N–H and O–H groups in total. The van der Waals surface area contributed by atoms with Gasteiger partial charge < -0.3 is 24.8 Å². The van der Waals surface area contributed by atoms with E-state index in [-0.39, 0.29) is 31.4 Å². The molecular weight excluding hydrogens is 359 g/mol. The molecule has 0 aliphatic heterocycles.